The van der Waals surface area contributed by atoms with Gasteiger partial charge in [-0.1, -0.05) is 55.6 Å². The second-order valence-corrected chi connectivity index (χ2v) is 6.84. The molecule has 0 aromatic heterocycles. The molecular formula is C16H13Br2ClN2O2. The van der Waals surface area contributed by atoms with Crippen molar-refractivity contribution in [3.8, 4) is 5.75 Å². The number of hydrogen-bond acceptors (Lipinski definition) is 3. The summed E-state index contributed by atoms with van der Waals surface area (Å²) in [5.74, 6) is 0.0825. The van der Waals surface area contributed by atoms with Crippen molar-refractivity contribution in [2.75, 3.05) is 6.61 Å². The maximum Gasteiger partial charge on any atom is 0.277 e. The van der Waals surface area contributed by atoms with Crippen LogP contribution in [-0.2, 0) is 4.79 Å². The third-order valence-electron chi connectivity index (χ3n) is 2.86. The number of nitrogens with one attached hydrogen (secondary N) is 1. The van der Waals surface area contributed by atoms with Gasteiger partial charge in [0.05, 0.1) is 10.7 Å². The van der Waals surface area contributed by atoms with E-state index in [1.165, 1.54) is 0 Å². The normalized spacial score (nSPS) is 11.2. The van der Waals surface area contributed by atoms with Gasteiger partial charge in [0, 0.05) is 8.95 Å². The number of amides is 1. The number of rotatable bonds is 5. The lowest BCUT2D eigenvalue weighted by Crippen LogP contribution is -2.25. The van der Waals surface area contributed by atoms with Crippen LogP contribution in [0.1, 0.15) is 12.5 Å². The van der Waals surface area contributed by atoms with E-state index >= 15 is 0 Å². The van der Waals surface area contributed by atoms with Gasteiger partial charge < -0.3 is 4.74 Å². The zero-order valence-electron chi connectivity index (χ0n) is 12.1. The monoisotopic (exact) mass is 458 g/mol. The summed E-state index contributed by atoms with van der Waals surface area (Å²) in [5.41, 5.74) is 4.08. The molecule has 0 bridgehead atoms. The standard InChI is InChI=1S/C16H13Br2ClN2O2/c1-10(11-2-4-12(17)5-3-11)20-21-16(22)9-23-15-7-6-13(18)8-14(15)19/h2-8H,9H2,1H3,(H,21,22)/b20-10+. The molecule has 0 radical (unpaired) electrons. The molecule has 0 atom stereocenters. The smallest absolute Gasteiger partial charge is 0.277 e. The molecule has 23 heavy (non-hydrogen) atoms. The van der Waals surface area contributed by atoms with Crippen LogP contribution in [0.15, 0.2) is 56.5 Å². The molecule has 0 saturated carbocycles. The number of carbonyl (C=O) groups excluding carboxylic acids is 1. The zero-order valence-corrected chi connectivity index (χ0v) is 16.1. The van der Waals surface area contributed by atoms with Crippen LogP contribution < -0.4 is 10.2 Å². The van der Waals surface area contributed by atoms with Crippen LogP contribution in [0.5, 0.6) is 5.75 Å². The Balaban J connectivity index is 1.89. The van der Waals surface area contributed by atoms with Gasteiger partial charge in [-0.15, -0.1) is 0 Å². The minimum atomic E-state index is -0.361. The first-order valence-electron chi connectivity index (χ1n) is 6.62. The van der Waals surface area contributed by atoms with E-state index < -0.39 is 0 Å². The fourth-order valence-corrected chi connectivity index (χ4v) is 2.66. The number of halogens is 3. The van der Waals surface area contributed by atoms with Crippen molar-refractivity contribution in [2.45, 2.75) is 6.92 Å². The van der Waals surface area contributed by atoms with Crippen LogP contribution >= 0.6 is 43.5 Å². The molecule has 0 unspecified atom stereocenters. The summed E-state index contributed by atoms with van der Waals surface area (Å²) >= 11 is 12.7. The molecule has 2 aromatic rings. The molecule has 0 aliphatic rings. The quantitative estimate of drug-likeness (QED) is 0.516. The highest BCUT2D eigenvalue weighted by molar-refractivity contribution is 9.10. The molecule has 2 aromatic carbocycles. The van der Waals surface area contributed by atoms with Gasteiger partial charge in [-0.25, -0.2) is 5.43 Å². The molecular weight excluding hydrogens is 447 g/mol. The van der Waals surface area contributed by atoms with Gasteiger partial charge in [0.2, 0.25) is 0 Å². The van der Waals surface area contributed by atoms with Gasteiger partial charge in [-0.3, -0.25) is 4.79 Å². The number of nitrogens with zero attached hydrogens (tertiary/aromatic N) is 1. The Bertz CT molecular complexity index is 733. The molecule has 1 amide bonds. The van der Waals surface area contributed by atoms with Crippen LogP contribution in [0.2, 0.25) is 5.02 Å². The lowest BCUT2D eigenvalue weighted by Gasteiger charge is -2.07. The fourth-order valence-electron chi connectivity index (χ4n) is 1.67. The molecule has 2 rings (SSSR count). The first-order chi connectivity index (χ1) is 11.0. The summed E-state index contributed by atoms with van der Waals surface area (Å²) in [6, 6.07) is 12.8. The Morgan fingerprint density at radius 1 is 1.17 bits per heavy atom. The minimum Gasteiger partial charge on any atom is -0.482 e. The predicted octanol–water partition coefficient (Wildman–Crippen LogP) is 4.78. The number of hydrazone groups is 1. The van der Waals surface area contributed by atoms with Gasteiger partial charge in [0.15, 0.2) is 6.61 Å². The van der Waals surface area contributed by atoms with E-state index in [0.717, 1.165) is 14.5 Å². The summed E-state index contributed by atoms with van der Waals surface area (Å²) in [6.45, 7) is 1.65. The molecule has 1 N–H and O–H groups in total. The molecule has 0 aliphatic carbocycles. The number of ether oxygens (including phenoxy) is 1. The minimum absolute atomic E-state index is 0.168. The summed E-state index contributed by atoms with van der Waals surface area (Å²) in [6.07, 6.45) is 0. The third-order valence-corrected chi connectivity index (χ3v) is 4.18. The number of carbonyl (C=O) groups is 1. The molecule has 7 heteroatoms. The van der Waals surface area contributed by atoms with Gasteiger partial charge in [-0.05, 0) is 42.8 Å². The SMILES string of the molecule is C/C(=N\NC(=O)COc1ccc(Br)cc1Cl)c1ccc(Br)cc1. The summed E-state index contributed by atoms with van der Waals surface area (Å²) in [7, 11) is 0. The van der Waals surface area contributed by atoms with Crippen molar-refractivity contribution in [3.05, 3.63) is 62.0 Å². The second-order valence-electron chi connectivity index (χ2n) is 4.60. The van der Waals surface area contributed by atoms with Crippen molar-refractivity contribution >= 4 is 55.1 Å². The highest BCUT2D eigenvalue weighted by Crippen LogP contribution is 2.27. The number of benzene rings is 2. The van der Waals surface area contributed by atoms with E-state index in [1.807, 2.05) is 31.2 Å². The van der Waals surface area contributed by atoms with Crippen molar-refractivity contribution < 1.29 is 9.53 Å². The second kappa shape index (κ2) is 8.47. The van der Waals surface area contributed by atoms with Crippen molar-refractivity contribution in [1.29, 1.82) is 0 Å². The van der Waals surface area contributed by atoms with E-state index in [9.17, 15) is 4.79 Å². The van der Waals surface area contributed by atoms with Crippen LogP contribution in [0.3, 0.4) is 0 Å². The average Bonchev–Trinajstić information content (AvgIpc) is 2.52. The maximum atomic E-state index is 11.8. The Morgan fingerprint density at radius 2 is 1.83 bits per heavy atom. The highest BCUT2D eigenvalue weighted by atomic mass is 79.9. The first-order valence-corrected chi connectivity index (χ1v) is 8.59. The van der Waals surface area contributed by atoms with E-state index in [2.05, 4.69) is 42.4 Å². The van der Waals surface area contributed by atoms with Crippen LogP contribution in [-0.4, -0.2) is 18.2 Å². The highest BCUT2D eigenvalue weighted by Gasteiger charge is 2.06. The van der Waals surface area contributed by atoms with Crippen molar-refractivity contribution in [2.24, 2.45) is 5.10 Å². The molecule has 0 aliphatic heterocycles. The Labute approximate surface area is 156 Å². The van der Waals surface area contributed by atoms with E-state index in [4.69, 9.17) is 16.3 Å². The molecule has 0 spiro atoms. The van der Waals surface area contributed by atoms with Crippen LogP contribution in [0.25, 0.3) is 0 Å². The molecule has 0 heterocycles. The van der Waals surface area contributed by atoms with Crippen molar-refractivity contribution in [1.82, 2.24) is 5.43 Å². The Hall–Kier alpha value is -1.37. The van der Waals surface area contributed by atoms with Crippen LogP contribution in [0.4, 0.5) is 0 Å². The zero-order chi connectivity index (χ0) is 16.8. The lowest BCUT2D eigenvalue weighted by atomic mass is 10.1. The average molecular weight is 461 g/mol. The van der Waals surface area contributed by atoms with E-state index in [-0.39, 0.29) is 12.5 Å². The predicted molar refractivity (Wildman–Crippen MR) is 99.1 cm³/mol. The first kappa shape index (κ1) is 18.0. The van der Waals surface area contributed by atoms with Gasteiger partial charge in [0.25, 0.3) is 5.91 Å². The van der Waals surface area contributed by atoms with Gasteiger partial charge in [-0.2, -0.15) is 5.10 Å². The molecule has 0 saturated heterocycles. The van der Waals surface area contributed by atoms with Gasteiger partial charge >= 0.3 is 0 Å². The largest absolute Gasteiger partial charge is 0.482 e. The summed E-state index contributed by atoms with van der Waals surface area (Å²) < 4.78 is 7.19. The fraction of sp³-hybridized carbons (Fsp3) is 0.125. The summed E-state index contributed by atoms with van der Waals surface area (Å²) in [5, 5.41) is 4.49. The van der Waals surface area contributed by atoms with Crippen LogP contribution in [0, 0.1) is 0 Å². The molecule has 120 valence electrons. The summed E-state index contributed by atoms with van der Waals surface area (Å²) in [4.78, 5) is 11.8. The molecule has 4 nitrogen and oxygen atoms in total. The molecule has 0 fully saturated rings. The van der Waals surface area contributed by atoms with Crippen molar-refractivity contribution in [3.63, 3.8) is 0 Å². The Morgan fingerprint density at radius 3 is 2.48 bits per heavy atom. The third kappa shape index (κ3) is 5.64. The van der Waals surface area contributed by atoms with Gasteiger partial charge in [0.1, 0.15) is 5.75 Å². The maximum absolute atomic E-state index is 11.8. The lowest BCUT2D eigenvalue weighted by molar-refractivity contribution is -0.123. The Kier molecular flexibility index (Phi) is 6.62. The topological polar surface area (TPSA) is 50.7 Å². The number of hydrogen-bond donors (Lipinski definition) is 1. The van der Waals surface area contributed by atoms with E-state index in [0.29, 0.717) is 16.5 Å². The van der Waals surface area contributed by atoms with E-state index in [1.54, 1.807) is 18.2 Å².